The second-order valence-electron chi connectivity index (χ2n) is 6.75. The molecule has 0 saturated heterocycles. The molecule has 27 heavy (non-hydrogen) atoms. The zero-order valence-corrected chi connectivity index (χ0v) is 15.5. The van der Waals surface area contributed by atoms with Crippen LogP contribution >= 0.6 is 0 Å². The highest BCUT2D eigenvalue weighted by atomic mass is 16.6. The number of methoxy groups -OCH3 is 1. The van der Waals surface area contributed by atoms with E-state index in [4.69, 9.17) is 14.2 Å². The first-order valence-corrected chi connectivity index (χ1v) is 9.30. The topological polar surface area (TPSA) is 65.0 Å². The van der Waals surface area contributed by atoms with Gasteiger partial charge in [-0.1, -0.05) is 6.07 Å². The first-order valence-electron chi connectivity index (χ1n) is 9.30. The maximum absolute atomic E-state index is 12.4. The Balaban J connectivity index is 1.59. The molecule has 0 fully saturated rings. The van der Waals surface area contributed by atoms with Gasteiger partial charge >= 0.3 is 0 Å². The Labute approximate surface area is 158 Å². The number of carbonyl (C=O) groups is 1. The SMILES string of the molecule is COCCNC(=O)CN1CCn2cccc2[C@H]1c1ccc2c(c1)OCCO2. The fourth-order valence-corrected chi connectivity index (χ4v) is 3.75. The van der Waals surface area contributed by atoms with Crippen LogP contribution in [-0.2, 0) is 16.1 Å². The fourth-order valence-electron chi connectivity index (χ4n) is 3.75. The van der Waals surface area contributed by atoms with Gasteiger partial charge in [0, 0.05) is 38.6 Å². The molecule has 7 nitrogen and oxygen atoms in total. The number of nitrogens with one attached hydrogen (secondary N) is 1. The summed E-state index contributed by atoms with van der Waals surface area (Å²) >= 11 is 0. The lowest BCUT2D eigenvalue weighted by Gasteiger charge is -2.37. The molecule has 2 aromatic rings. The monoisotopic (exact) mass is 371 g/mol. The number of amides is 1. The van der Waals surface area contributed by atoms with Crippen LogP contribution in [0.4, 0.5) is 0 Å². The smallest absolute Gasteiger partial charge is 0.234 e. The van der Waals surface area contributed by atoms with Crippen molar-refractivity contribution in [2.75, 3.05) is 46.6 Å². The van der Waals surface area contributed by atoms with Gasteiger partial charge < -0.3 is 24.1 Å². The van der Waals surface area contributed by atoms with Crippen molar-refractivity contribution in [1.82, 2.24) is 14.8 Å². The van der Waals surface area contributed by atoms with E-state index in [-0.39, 0.29) is 11.9 Å². The number of aromatic nitrogens is 1. The number of carbonyl (C=O) groups excluding carboxylic acids is 1. The molecule has 1 N–H and O–H groups in total. The summed E-state index contributed by atoms with van der Waals surface area (Å²) in [6, 6.07) is 10.2. The molecule has 7 heteroatoms. The van der Waals surface area contributed by atoms with E-state index < -0.39 is 0 Å². The number of fused-ring (bicyclic) bond motifs is 2. The third-order valence-electron chi connectivity index (χ3n) is 5.00. The predicted octanol–water partition coefficient (Wildman–Crippen LogP) is 1.43. The zero-order chi connectivity index (χ0) is 18.6. The molecule has 0 saturated carbocycles. The molecule has 0 radical (unpaired) electrons. The van der Waals surface area contributed by atoms with Crippen LogP contribution < -0.4 is 14.8 Å². The molecule has 144 valence electrons. The van der Waals surface area contributed by atoms with Crippen LogP contribution in [0.15, 0.2) is 36.5 Å². The van der Waals surface area contributed by atoms with Crippen LogP contribution in [0.5, 0.6) is 11.5 Å². The van der Waals surface area contributed by atoms with Crippen LogP contribution in [0, 0.1) is 0 Å². The van der Waals surface area contributed by atoms with E-state index in [1.807, 2.05) is 12.1 Å². The molecule has 0 unspecified atom stereocenters. The summed E-state index contributed by atoms with van der Waals surface area (Å²) in [5.74, 6) is 1.56. The molecular formula is C20H25N3O4. The molecule has 1 aromatic heterocycles. The Bertz CT molecular complexity index is 804. The molecule has 2 aliphatic heterocycles. The van der Waals surface area contributed by atoms with Gasteiger partial charge in [-0.3, -0.25) is 9.69 Å². The number of nitrogens with zero attached hydrogens (tertiary/aromatic N) is 2. The van der Waals surface area contributed by atoms with E-state index in [1.54, 1.807) is 7.11 Å². The van der Waals surface area contributed by atoms with Gasteiger partial charge in [0.05, 0.1) is 19.2 Å². The lowest BCUT2D eigenvalue weighted by molar-refractivity contribution is -0.123. The summed E-state index contributed by atoms with van der Waals surface area (Å²) in [5, 5.41) is 2.91. The van der Waals surface area contributed by atoms with Crippen molar-refractivity contribution < 1.29 is 19.0 Å². The zero-order valence-electron chi connectivity index (χ0n) is 15.5. The minimum Gasteiger partial charge on any atom is -0.486 e. The van der Waals surface area contributed by atoms with Gasteiger partial charge in [0.25, 0.3) is 0 Å². The number of ether oxygens (including phenoxy) is 3. The van der Waals surface area contributed by atoms with Crippen molar-refractivity contribution >= 4 is 5.91 Å². The van der Waals surface area contributed by atoms with Gasteiger partial charge in [0.1, 0.15) is 13.2 Å². The molecular weight excluding hydrogens is 346 g/mol. The third-order valence-corrected chi connectivity index (χ3v) is 5.00. The Morgan fingerprint density at radius 1 is 1.22 bits per heavy atom. The van der Waals surface area contributed by atoms with Gasteiger partial charge in [-0.05, 0) is 29.8 Å². The highest BCUT2D eigenvalue weighted by molar-refractivity contribution is 5.78. The van der Waals surface area contributed by atoms with Crippen LogP contribution in [0.2, 0.25) is 0 Å². The number of hydrogen-bond donors (Lipinski definition) is 1. The van der Waals surface area contributed by atoms with Crippen molar-refractivity contribution in [3.63, 3.8) is 0 Å². The molecule has 0 bridgehead atoms. The Kier molecular flexibility index (Phi) is 5.31. The average molecular weight is 371 g/mol. The highest BCUT2D eigenvalue weighted by Crippen LogP contribution is 2.38. The van der Waals surface area contributed by atoms with Crippen molar-refractivity contribution in [3.8, 4) is 11.5 Å². The Hall–Kier alpha value is -2.51. The summed E-state index contributed by atoms with van der Waals surface area (Å²) in [5.41, 5.74) is 2.28. The molecule has 2 aliphatic rings. The Morgan fingerprint density at radius 3 is 2.93 bits per heavy atom. The highest BCUT2D eigenvalue weighted by Gasteiger charge is 2.31. The minimum absolute atomic E-state index is 0.00208. The normalized spacial score (nSPS) is 18.8. The van der Waals surface area contributed by atoms with E-state index in [0.29, 0.717) is 32.9 Å². The summed E-state index contributed by atoms with van der Waals surface area (Å²) in [7, 11) is 1.63. The lowest BCUT2D eigenvalue weighted by atomic mass is 9.99. The average Bonchev–Trinajstić information content (AvgIpc) is 3.16. The first-order chi connectivity index (χ1) is 13.3. The van der Waals surface area contributed by atoms with Crippen molar-refractivity contribution in [2.24, 2.45) is 0 Å². The third kappa shape index (κ3) is 3.79. The molecule has 1 atom stereocenters. The van der Waals surface area contributed by atoms with Gasteiger partial charge in [-0.25, -0.2) is 0 Å². The number of benzene rings is 1. The van der Waals surface area contributed by atoms with E-state index in [1.165, 1.54) is 5.69 Å². The van der Waals surface area contributed by atoms with Crippen molar-refractivity contribution in [1.29, 1.82) is 0 Å². The van der Waals surface area contributed by atoms with E-state index >= 15 is 0 Å². The minimum atomic E-state index is -0.00208. The number of rotatable bonds is 6. The largest absolute Gasteiger partial charge is 0.486 e. The molecule has 1 aromatic carbocycles. The van der Waals surface area contributed by atoms with E-state index in [2.05, 4.69) is 39.2 Å². The van der Waals surface area contributed by atoms with Gasteiger partial charge in [-0.15, -0.1) is 0 Å². The van der Waals surface area contributed by atoms with Crippen LogP contribution in [0.25, 0.3) is 0 Å². The van der Waals surface area contributed by atoms with E-state index in [9.17, 15) is 4.79 Å². The summed E-state index contributed by atoms with van der Waals surface area (Å²) in [6.45, 7) is 4.19. The van der Waals surface area contributed by atoms with Gasteiger partial charge in [0.15, 0.2) is 11.5 Å². The maximum atomic E-state index is 12.4. The second kappa shape index (κ2) is 8.02. The van der Waals surface area contributed by atoms with Gasteiger partial charge in [0.2, 0.25) is 5.91 Å². The lowest BCUT2D eigenvalue weighted by Crippen LogP contribution is -2.44. The molecule has 0 aliphatic carbocycles. The van der Waals surface area contributed by atoms with Crippen LogP contribution in [-0.4, -0.2) is 61.9 Å². The second-order valence-corrected chi connectivity index (χ2v) is 6.75. The molecule has 1 amide bonds. The maximum Gasteiger partial charge on any atom is 0.234 e. The summed E-state index contributed by atoms with van der Waals surface area (Å²) in [6.07, 6.45) is 2.09. The summed E-state index contributed by atoms with van der Waals surface area (Å²) < 4.78 is 18.7. The van der Waals surface area contributed by atoms with Crippen LogP contribution in [0.3, 0.4) is 0 Å². The first kappa shape index (κ1) is 17.9. The predicted molar refractivity (Wildman–Crippen MR) is 100 cm³/mol. The van der Waals surface area contributed by atoms with Crippen LogP contribution in [0.1, 0.15) is 17.3 Å². The van der Waals surface area contributed by atoms with Crippen molar-refractivity contribution in [3.05, 3.63) is 47.8 Å². The molecule has 0 spiro atoms. The molecule has 3 heterocycles. The van der Waals surface area contributed by atoms with Crippen molar-refractivity contribution in [2.45, 2.75) is 12.6 Å². The quantitative estimate of drug-likeness (QED) is 0.779. The standard InChI is InChI=1S/C20H25N3O4/c1-25-10-6-21-19(24)14-23-9-8-22-7-2-3-16(22)20(23)15-4-5-17-18(13-15)27-12-11-26-17/h2-5,7,13,20H,6,8-12,14H2,1H3,(H,21,24)/t20-/m1/s1. The number of hydrogen-bond acceptors (Lipinski definition) is 5. The molecule has 4 rings (SSSR count). The van der Waals surface area contributed by atoms with E-state index in [0.717, 1.165) is 30.2 Å². The Morgan fingerprint density at radius 2 is 2.07 bits per heavy atom. The van der Waals surface area contributed by atoms with Gasteiger partial charge in [-0.2, -0.15) is 0 Å². The fraction of sp³-hybridized carbons (Fsp3) is 0.450. The summed E-state index contributed by atoms with van der Waals surface area (Å²) in [4.78, 5) is 14.6.